The van der Waals surface area contributed by atoms with Crippen LogP contribution in [-0.4, -0.2) is 24.4 Å². The second-order valence-corrected chi connectivity index (χ2v) is 6.94. The lowest BCUT2D eigenvalue weighted by molar-refractivity contribution is -0.384. The molecule has 0 spiro atoms. The van der Waals surface area contributed by atoms with Gasteiger partial charge in [0.15, 0.2) is 6.61 Å². The zero-order chi connectivity index (χ0) is 19.6. The first-order chi connectivity index (χ1) is 12.9. The van der Waals surface area contributed by atoms with Crippen molar-refractivity contribution in [3.8, 4) is 11.8 Å². The van der Waals surface area contributed by atoms with E-state index in [0.29, 0.717) is 5.03 Å². The van der Waals surface area contributed by atoms with Crippen molar-refractivity contribution in [3.63, 3.8) is 0 Å². The van der Waals surface area contributed by atoms with Gasteiger partial charge in [0.2, 0.25) is 5.78 Å². The van der Waals surface area contributed by atoms with Crippen LogP contribution >= 0.6 is 23.4 Å². The van der Waals surface area contributed by atoms with Crippen molar-refractivity contribution >= 4 is 40.5 Å². The number of nitro benzene ring substituents is 1. The smallest absolute Gasteiger partial charge is 0.271 e. The molecule has 3 rings (SSSR count). The third-order valence-corrected chi connectivity index (χ3v) is 5.36. The summed E-state index contributed by atoms with van der Waals surface area (Å²) < 4.78 is 5.37. The predicted molar refractivity (Wildman–Crippen MR) is 102 cm³/mol. The van der Waals surface area contributed by atoms with Gasteiger partial charge in [0, 0.05) is 24.1 Å². The van der Waals surface area contributed by atoms with Gasteiger partial charge in [-0.3, -0.25) is 14.9 Å². The first kappa shape index (κ1) is 18.8. The molecule has 0 amide bonds. The van der Waals surface area contributed by atoms with Crippen LogP contribution in [0.3, 0.4) is 0 Å². The van der Waals surface area contributed by atoms with Crippen molar-refractivity contribution in [2.45, 2.75) is 4.90 Å². The number of ether oxygens (including phenoxy) is 1. The van der Waals surface area contributed by atoms with E-state index in [0.717, 1.165) is 16.6 Å². The summed E-state index contributed by atoms with van der Waals surface area (Å²) in [6.07, 6.45) is 0. The zero-order valence-corrected chi connectivity index (χ0v) is 15.6. The molecular weight excluding hydrogens is 390 g/mol. The fourth-order valence-corrected chi connectivity index (χ4v) is 3.88. The Morgan fingerprint density at radius 3 is 2.74 bits per heavy atom. The van der Waals surface area contributed by atoms with E-state index < -0.39 is 17.3 Å². The third kappa shape index (κ3) is 3.74. The van der Waals surface area contributed by atoms with E-state index in [2.05, 4.69) is 0 Å². The molecule has 2 aromatic carbocycles. The molecule has 0 aliphatic carbocycles. The summed E-state index contributed by atoms with van der Waals surface area (Å²) in [5, 5.41) is 20.8. The number of ketones is 1. The van der Waals surface area contributed by atoms with Gasteiger partial charge in [-0.2, -0.15) is 5.26 Å². The van der Waals surface area contributed by atoms with E-state index in [1.54, 1.807) is 11.9 Å². The first-order valence-corrected chi connectivity index (χ1v) is 8.86. The van der Waals surface area contributed by atoms with Gasteiger partial charge in [-0.05, 0) is 18.2 Å². The molecule has 1 heterocycles. The zero-order valence-electron chi connectivity index (χ0n) is 14.0. The number of nitriles is 1. The molecule has 9 heteroatoms. The normalized spacial score (nSPS) is 14.3. The van der Waals surface area contributed by atoms with Crippen molar-refractivity contribution in [2.75, 3.05) is 18.6 Å². The summed E-state index contributed by atoms with van der Waals surface area (Å²) in [5.74, 6) is -0.373. The van der Waals surface area contributed by atoms with Crippen LogP contribution in [0.5, 0.6) is 5.75 Å². The topological polar surface area (TPSA) is 96.5 Å². The summed E-state index contributed by atoms with van der Waals surface area (Å²) in [6, 6.07) is 13.2. The number of halogens is 1. The lowest BCUT2D eigenvalue weighted by Gasteiger charge is -2.15. The molecule has 0 radical (unpaired) electrons. The van der Waals surface area contributed by atoms with Crippen LogP contribution in [0.1, 0.15) is 0 Å². The van der Waals surface area contributed by atoms with Gasteiger partial charge in [0.25, 0.3) is 5.69 Å². The van der Waals surface area contributed by atoms with Crippen molar-refractivity contribution in [1.82, 2.24) is 0 Å². The second-order valence-electron chi connectivity index (χ2n) is 5.50. The molecule has 0 bridgehead atoms. The Bertz CT molecular complexity index is 1020. The van der Waals surface area contributed by atoms with E-state index in [1.807, 2.05) is 30.3 Å². The fraction of sp³-hybridized carbons (Fsp3) is 0.111. The Labute approximate surface area is 163 Å². The molecule has 136 valence electrons. The number of hydrogen-bond acceptors (Lipinski definition) is 7. The number of anilines is 1. The minimum absolute atomic E-state index is 0.0166. The number of fused-ring (bicyclic) bond motifs is 1. The SMILES string of the molecule is CN1/C(=C(\C#N)C(=O)COc2ccc([N+](=O)[O-])cc2Cl)Sc2ccccc21. The Kier molecular flexibility index (Phi) is 5.35. The Morgan fingerprint density at radius 2 is 2.11 bits per heavy atom. The summed E-state index contributed by atoms with van der Waals surface area (Å²) in [5.41, 5.74) is 0.717. The van der Waals surface area contributed by atoms with Crippen LogP contribution in [0.25, 0.3) is 0 Å². The lowest BCUT2D eigenvalue weighted by Crippen LogP contribution is -2.19. The standard InChI is InChI=1S/C18H12ClN3O4S/c1-21-14-4-2-3-5-17(14)27-18(21)12(9-20)15(23)10-26-16-7-6-11(22(24)25)8-13(16)19/h2-8H,10H2,1H3/b18-12-. The largest absolute Gasteiger partial charge is 0.484 e. The minimum Gasteiger partial charge on any atom is -0.484 e. The highest BCUT2D eigenvalue weighted by Gasteiger charge is 2.28. The monoisotopic (exact) mass is 401 g/mol. The number of hydrogen-bond donors (Lipinski definition) is 0. The molecule has 0 fully saturated rings. The Balaban J connectivity index is 1.78. The highest BCUT2D eigenvalue weighted by Crippen LogP contribution is 2.46. The van der Waals surface area contributed by atoms with Crippen LogP contribution in [-0.2, 0) is 4.79 Å². The number of rotatable bonds is 5. The van der Waals surface area contributed by atoms with Crippen molar-refractivity contribution in [3.05, 3.63) is 68.2 Å². The molecular formula is C18H12ClN3O4S. The number of thioether (sulfide) groups is 1. The van der Waals surface area contributed by atoms with Gasteiger partial charge < -0.3 is 9.64 Å². The number of non-ortho nitro benzene ring substituents is 1. The molecule has 2 aromatic rings. The molecule has 0 atom stereocenters. The summed E-state index contributed by atoms with van der Waals surface area (Å²) in [7, 11) is 1.78. The average molecular weight is 402 g/mol. The number of Topliss-reactive ketones (excluding diaryl/α,β-unsaturated/α-hetero) is 1. The van der Waals surface area contributed by atoms with E-state index >= 15 is 0 Å². The van der Waals surface area contributed by atoms with Gasteiger partial charge in [0.1, 0.15) is 22.4 Å². The Morgan fingerprint density at radius 1 is 1.37 bits per heavy atom. The number of para-hydroxylation sites is 1. The minimum atomic E-state index is -0.580. The highest BCUT2D eigenvalue weighted by atomic mass is 35.5. The highest BCUT2D eigenvalue weighted by molar-refractivity contribution is 8.03. The molecule has 0 N–H and O–H groups in total. The maximum atomic E-state index is 12.5. The van der Waals surface area contributed by atoms with Crippen LogP contribution < -0.4 is 9.64 Å². The number of carbonyl (C=O) groups is 1. The number of nitrogens with zero attached hydrogens (tertiary/aromatic N) is 3. The number of carbonyl (C=O) groups excluding carboxylic acids is 1. The van der Waals surface area contributed by atoms with Gasteiger partial charge in [-0.25, -0.2) is 0 Å². The fourth-order valence-electron chi connectivity index (χ4n) is 2.49. The molecule has 27 heavy (non-hydrogen) atoms. The van der Waals surface area contributed by atoms with Crippen LogP contribution in [0.15, 0.2) is 58.0 Å². The maximum Gasteiger partial charge on any atom is 0.271 e. The van der Waals surface area contributed by atoms with Crippen LogP contribution in [0, 0.1) is 21.4 Å². The molecule has 7 nitrogen and oxygen atoms in total. The van der Waals surface area contributed by atoms with Gasteiger partial charge in [-0.15, -0.1) is 0 Å². The Hall–Kier alpha value is -3.02. The third-order valence-electron chi connectivity index (χ3n) is 3.83. The molecule has 0 aromatic heterocycles. The molecule has 1 aliphatic heterocycles. The van der Waals surface area contributed by atoms with Gasteiger partial charge in [0.05, 0.1) is 15.6 Å². The van der Waals surface area contributed by atoms with Crippen LogP contribution in [0.4, 0.5) is 11.4 Å². The van der Waals surface area contributed by atoms with E-state index in [9.17, 15) is 20.2 Å². The first-order valence-electron chi connectivity index (χ1n) is 7.67. The number of nitro groups is 1. The molecule has 1 aliphatic rings. The lowest BCUT2D eigenvalue weighted by atomic mass is 10.2. The quantitative estimate of drug-likeness (QED) is 0.321. The summed E-state index contributed by atoms with van der Waals surface area (Å²) in [6.45, 7) is -0.408. The maximum absolute atomic E-state index is 12.5. The molecule has 0 unspecified atom stereocenters. The summed E-state index contributed by atoms with van der Waals surface area (Å²) >= 11 is 7.29. The molecule has 0 saturated heterocycles. The second kappa shape index (κ2) is 7.70. The van der Waals surface area contributed by atoms with Crippen molar-refractivity contribution in [2.24, 2.45) is 0 Å². The average Bonchev–Trinajstić information content (AvgIpc) is 2.98. The van der Waals surface area contributed by atoms with Crippen molar-refractivity contribution in [1.29, 1.82) is 5.26 Å². The summed E-state index contributed by atoms with van der Waals surface area (Å²) in [4.78, 5) is 25.4. The van der Waals surface area contributed by atoms with E-state index in [1.165, 1.54) is 23.9 Å². The van der Waals surface area contributed by atoms with Crippen LogP contribution in [0.2, 0.25) is 5.02 Å². The molecule has 0 saturated carbocycles. The van der Waals surface area contributed by atoms with E-state index in [4.69, 9.17) is 16.3 Å². The van der Waals surface area contributed by atoms with Gasteiger partial charge >= 0.3 is 0 Å². The van der Waals surface area contributed by atoms with Crippen molar-refractivity contribution < 1.29 is 14.5 Å². The predicted octanol–water partition coefficient (Wildman–Crippen LogP) is 4.17. The number of benzene rings is 2. The van der Waals surface area contributed by atoms with E-state index in [-0.39, 0.29) is 22.0 Å². The van der Waals surface area contributed by atoms with Gasteiger partial charge in [-0.1, -0.05) is 35.5 Å².